The summed E-state index contributed by atoms with van der Waals surface area (Å²) in [5.41, 5.74) is 0.532. The highest BCUT2D eigenvalue weighted by Crippen LogP contribution is 2.39. The minimum Gasteiger partial charge on any atom is -0.484 e. The van der Waals surface area contributed by atoms with Crippen LogP contribution in [-0.2, 0) is 22.5 Å². The van der Waals surface area contributed by atoms with Gasteiger partial charge in [-0.3, -0.25) is 4.79 Å². The Hall–Kier alpha value is -2.95. The summed E-state index contributed by atoms with van der Waals surface area (Å²) in [4.78, 5) is 40.8. The van der Waals surface area contributed by atoms with Gasteiger partial charge in [0.25, 0.3) is 5.91 Å². The lowest BCUT2D eigenvalue weighted by atomic mass is 10.2. The second kappa shape index (κ2) is 9.25. The molecule has 9 nitrogen and oxygen atoms in total. The summed E-state index contributed by atoms with van der Waals surface area (Å²) in [5.74, 6) is -0.505. The second-order valence-corrected chi connectivity index (χ2v) is 11.3. The van der Waals surface area contributed by atoms with Gasteiger partial charge in [-0.15, -0.1) is 0 Å². The third-order valence-electron chi connectivity index (χ3n) is 6.49. The normalized spacial score (nSPS) is 21.7. The molecule has 5 rings (SSSR count). The standard InChI is InChI=1S/C24H30FN5O4S/c1-24(2,3)34-23(32)29-11-15-4-5-16(12-29)30(15)22-27-18-7-9-28(13-19(18)35-22)21(31)14-33-17-6-8-26-20(25)10-17/h6,8,10,15-16H,4-5,7,9,11-14H2,1-3H3. The number of pyridine rings is 1. The molecule has 2 bridgehead atoms. The van der Waals surface area contributed by atoms with Crippen LogP contribution in [0.1, 0.15) is 44.2 Å². The Morgan fingerprint density at radius 2 is 1.94 bits per heavy atom. The van der Waals surface area contributed by atoms with Crippen LogP contribution < -0.4 is 9.64 Å². The monoisotopic (exact) mass is 503 g/mol. The molecule has 2 amide bonds. The lowest BCUT2D eigenvalue weighted by Crippen LogP contribution is -2.56. The molecule has 0 aromatic carbocycles. The van der Waals surface area contributed by atoms with Crippen LogP contribution in [0.4, 0.5) is 14.3 Å². The number of hydrogen-bond donors (Lipinski definition) is 0. The highest BCUT2D eigenvalue weighted by molar-refractivity contribution is 7.15. The van der Waals surface area contributed by atoms with Gasteiger partial charge in [0, 0.05) is 55.3 Å². The third kappa shape index (κ3) is 5.19. The highest BCUT2D eigenvalue weighted by atomic mass is 32.1. The van der Waals surface area contributed by atoms with Crippen LogP contribution in [0.2, 0.25) is 0 Å². The molecule has 2 aromatic rings. The van der Waals surface area contributed by atoms with Crippen LogP contribution >= 0.6 is 11.3 Å². The van der Waals surface area contributed by atoms with Gasteiger partial charge in [0.1, 0.15) is 11.4 Å². The second-order valence-electron chi connectivity index (χ2n) is 10.2. The van der Waals surface area contributed by atoms with Gasteiger partial charge in [-0.1, -0.05) is 11.3 Å². The number of rotatable bonds is 4. The minimum atomic E-state index is -0.643. The maximum atomic E-state index is 13.2. The van der Waals surface area contributed by atoms with E-state index >= 15 is 0 Å². The van der Waals surface area contributed by atoms with Crippen molar-refractivity contribution in [3.8, 4) is 5.75 Å². The fraction of sp³-hybridized carbons (Fsp3) is 0.583. The summed E-state index contributed by atoms with van der Waals surface area (Å²) >= 11 is 1.63. The molecule has 0 N–H and O–H groups in total. The zero-order valence-corrected chi connectivity index (χ0v) is 21.0. The van der Waals surface area contributed by atoms with Crippen molar-refractivity contribution >= 4 is 28.5 Å². The first-order valence-electron chi connectivity index (χ1n) is 11.9. The van der Waals surface area contributed by atoms with Crippen LogP contribution in [0.3, 0.4) is 0 Å². The van der Waals surface area contributed by atoms with E-state index < -0.39 is 11.5 Å². The van der Waals surface area contributed by atoms with Crippen LogP contribution in [0, 0.1) is 5.95 Å². The molecule has 2 atom stereocenters. The molecule has 5 heterocycles. The maximum absolute atomic E-state index is 13.2. The third-order valence-corrected chi connectivity index (χ3v) is 7.58. The molecule has 188 valence electrons. The van der Waals surface area contributed by atoms with Gasteiger partial charge in [0.05, 0.1) is 12.2 Å². The van der Waals surface area contributed by atoms with E-state index in [-0.39, 0.29) is 36.4 Å². The Labute approximate surface area is 207 Å². The maximum Gasteiger partial charge on any atom is 0.410 e. The van der Waals surface area contributed by atoms with Crippen molar-refractivity contribution < 1.29 is 23.5 Å². The lowest BCUT2D eigenvalue weighted by Gasteiger charge is -2.41. The van der Waals surface area contributed by atoms with Crippen LogP contribution in [0.15, 0.2) is 18.3 Å². The first-order chi connectivity index (χ1) is 16.7. The first-order valence-corrected chi connectivity index (χ1v) is 12.7. The smallest absolute Gasteiger partial charge is 0.410 e. The molecular formula is C24H30FN5O4S. The van der Waals surface area contributed by atoms with E-state index in [1.54, 1.807) is 16.2 Å². The Balaban J connectivity index is 1.21. The van der Waals surface area contributed by atoms with E-state index in [1.807, 2.05) is 25.7 Å². The van der Waals surface area contributed by atoms with Crippen molar-refractivity contribution in [3.05, 3.63) is 34.8 Å². The van der Waals surface area contributed by atoms with Gasteiger partial charge in [-0.05, 0) is 39.7 Å². The summed E-state index contributed by atoms with van der Waals surface area (Å²) in [6.45, 7) is 7.83. The van der Waals surface area contributed by atoms with Crippen molar-refractivity contribution in [1.29, 1.82) is 0 Å². The summed E-state index contributed by atoms with van der Waals surface area (Å²) < 4.78 is 24.3. The fourth-order valence-corrected chi connectivity index (χ4v) is 6.17. The molecule has 0 spiro atoms. The Bertz CT molecular complexity index is 1110. The SMILES string of the molecule is CC(C)(C)OC(=O)N1CC2CCC(C1)N2c1nc2c(s1)CN(C(=O)COc1ccnc(F)c1)CC2. The Morgan fingerprint density at radius 1 is 1.20 bits per heavy atom. The number of likely N-dealkylation sites (tertiary alicyclic amines) is 1. The van der Waals surface area contributed by atoms with Gasteiger partial charge < -0.3 is 24.2 Å². The van der Waals surface area contributed by atoms with E-state index in [9.17, 15) is 14.0 Å². The van der Waals surface area contributed by atoms with E-state index in [4.69, 9.17) is 14.5 Å². The lowest BCUT2D eigenvalue weighted by molar-refractivity contribution is -0.134. The molecule has 2 fully saturated rings. The number of thiazole rings is 1. The number of fused-ring (bicyclic) bond motifs is 3. The number of aromatic nitrogens is 2. The van der Waals surface area contributed by atoms with E-state index in [1.165, 1.54) is 12.3 Å². The minimum absolute atomic E-state index is 0.145. The van der Waals surface area contributed by atoms with Gasteiger partial charge in [0.2, 0.25) is 5.95 Å². The number of amides is 2. The number of piperazine rings is 1. The molecule has 2 aromatic heterocycles. The van der Waals surface area contributed by atoms with Gasteiger partial charge in [0.15, 0.2) is 11.7 Å². The van der Waals surface area contributed by atoms with E-state index in [2.05, 4.69) is 9.88 Å². The predicted molar refractivity (Wildman–Crippen MR) is 128 cm³/mol. The topological polar surface area (TPSA) is 88.1 Å². The summed E-state index contributed by atoms with van der Waals surface area (Å²) in [6, 6.07) is 3.13. The summed E-state index contributed by atoms with van der Waals surface area (Å²) in [5, 5.41) is 0.976. The average molecular weight is 504 g/mol. The molecule has 2 saturated heterocycles. The number of carbonyl (C=O) groups is 2. The summed E-state index contributed by atoms with van der Waals surface area (Å²) in [6.07, 6.45) is 3.78. The molecule has 2 unspecified atom stereocenters. The molecule has 0 aliphatic carbocycles. The van der Waals surface area contributed by atoms with Crippen molar-refractivity contribution in [2.75, 3.05) is 31.1 Å². The van der Waals surface area contributed by atoms with Gasteiger partial charge >= 0.3 is 6.09 Å². The number of hydrogen-bond acceptors (Lipinski definition) is 8. The predicted octanol–water partition coefficient (Wildman–Crippen LogP) is 3.23. The molecule has 0 saturated carbocycles. The quantitative estimate of drug-likeness (QED) is 0.592. The zero-order chi connectivity index (χ0) is 24.7. The highest BCUT2D eigenvalue weighted by Gasteiger charge is 2.44. The van der Waals surface area contributed by atoms with Crippen molar-refractivity contribution in [2.45, 2.75) is 64.3 Å². The average Bonchev–Trinajstić information content (AvgIpc) is 3.32. The van der Waals surface area contributed by atoms with Gasteiger partial charge in [-0.25, -0.2) is 14.8 Å². The zero-order valence-electron chi connectivity index (χ0n) is 20.2. The van der Waals surface area contributed by atoms with E-state index in [0.29, 0.717) is 32.6 Å². The number of anilines is 1. The molecule has 3 aliphatic heterocycles. The molecule has 0 radical (unpaired) electrons. The Kier molecular flexibility index (Phi) is 6.29. The summed E-state index contributed by atoms with van der Waals surface area (Å²) in [7, 11) is 0. The van der Waals surface area contributed by atoms with Crippen molar-refractivity contribution in [1.82, 2.24) is 19.8 Å². The molecule has 35 heavy (non-hydrogen) atoms. The molecule has 11 heteroatoms. The Morgan fingerprint density at radius 3 is 2.63 bits per heavy atom. The number of nitrogens with zero attached hydrogens (tertiary/aromatic N) is 5. The van der Waals surface area contributed by atoms with Crippen molar-refractivity contribution in [3.63, 3.8) is 0 Å². The molecular weight excluding hydrogens is 473 g/mol. The van der Waals surface area contributed by atoms with Crippen LogP contribution in [-0.4, -0.2) is 75.7 Å². The first kappa shape index (κ1) is 23.8. The van der Waals surface area contributed by atoms with E-state index in [0.717, 1.165) is 34.6 Å². The fourth-order valence-electron chi connectivity index (χ4n) is 4.91. The van der Waals surface area contributed by atoms with Crippen LogP contribution in [0.5, 0.6) is 5.75 Å². The number of carbonyl (C=O) groups excluding carboxylic acids is 2. The van der Waals surface area contributed by atoms with Gasteiger partial charge in [-0.2, -0.15) is 4.39 Å². The largest absolute Gasteiger partial charge is 0.484 e. The molecule has 3 aliphatic rings. The number of halogens is 1. The van der Waals surface area contributed by atoms with Crippen LogP contribution in [0.25, 0.3) is 0 Å². The number of ether oxygens (including phenoxy) is 2. The van der Waals surface area contributed by atoms with Crippen molar-refractivity contribution in [2.24, 2.45) is 0 Å².